The van der Waals surface area contributed by atoms with Gasteiger partial charge in [0.2, 0.25) is 15.9 Å². The van der Waals surface area contributed by atoms with Crippen LogP contribution in [0.25, 0.3) is 5.57 Å². The lowest BCUT2D eigenvalue weighted by atomic mass is 9.99. The van der Waals surface area contributed by atoms with Crippen molar-refractivity contribution in [3.63, 3.8) is 0 Å². The molecule has 2 aromatic rings. The van der Waals surface area contributed by atoms with E-state index in [2.05, 4.69) is 4.72 Å². The molecule has 3 rings (SSSR count). The molecular weight excluding hydrogens is 367 g/mol. The van der Waals surface area contributed by atoms with Gasteiger partial charge >= 0.3 is 0 Å². The molecule has 27 heavy (non-hydrogen) atoms. The van der Waals surface area contributed by atoms with Crippen LogP contribution in [-0.2, 0) is 14.8 Å². The van der Waals surface area contributed by atoms with Crippen LogP contribution in [0.3, 0.4) is 0 Å². The van der Waals surface area contributed by atoms with Gasteiger partial charge in [0.25, 0.3) is 0 Å². The second-order valence-electron chi connectivity index (χ2n) is 6.29. The molecule has 0 aliphatic carbocycles. The highest BCUT2D eigenvalue weighted by Crippen LogP contribution is 2.22. The number of carbonyl (C=O) groups is 1. The van der Waals surface area contributed by atoms with Gasteiger partial charge in [-0.25, -0.2) is 17.5 Å². The monoisotopic (exact) mass is 388 g/mol. The van der Waals surface area contributed by atoms with Crippen molar-refractivity contribution in [2.45, 2.75) is 17.7 Å². The summed E-state index contributed by atoms with van der Waals surface area (Å²) >= 11 is 0. The number of hydrogen-bond acceptors (Lipinski definition) is 3. The number of carbonyl (C=O) groups excluding carboxylic acids is 1. The highest BCUT2D eigenvalue weighted by Gasteiger charge is 2.19. The molecule has 0 fully saturated rings. The van der Waals surface area contributed by atoms with Gasteiger partial charge < -0.3 is 4.90 Å². The molecule has 0 aromatic heterocycles. The Bertz CT molecular complexity index is 925. The summed E-state index contributed by atoms with van der Waals surface area (Å²) in [6.07, 6.45) is 2.89. The van der Waals surface area contributed by atoms with Crippen LogP contribution in [-0.4, -0.2) is 38.9 Å². The van der Waals surface area contributed by atoms with Crippen molar-refractivity contribution in [2.24, 2.45) is 0 Å². The minimum absolute atomic E-state index is 0.00427. The average molecular weight is 388 g/mol. The van der Waals surface area contributed by atoms with Gasteiger partial charge in [-0.15, -0.1) is 0 Å². The van der Waals surface area contributed by atoms with E-state index in [0.29, 0.717) is 13.1 Å². The Balaban J connectivity index is 1.50. The Kier molecular flexibility index (Phi) is 6.03. The summed E-state index contributed by atoms with van der Waals surface area (Å²) in [5.74, 6) is -0.600. The van der Waals surface area contributed by atoms with E-state index in [9.17, 15) is 17.6 Å². The largest absolute Gasteiger partial charge is 0.339 e. The van der Waals surface area contributed by atoms with E-state index in [0.717, 1.165) is 24.1 Å². The average Bonchev–Trinajstić information content (AvgIpc) is 2.69. The molecule has 142 valence electrons. The molecule has 1 heterocycles. The third-order valence-corrected chi connectivity index (χ3v) is 5.94. The number of rotatable bonds is 6. The van der Waals surface area contributed by atoms with E-state index in [4.69, 9.17) is 0 Å². The Morgan fingerprint density at radius 1 is 1.07 bits per heavy atom. The molecule has 1 N–H and O–H groups in total. The molecule has 1 aliphatic heterocycles. The third-order valence-electron chi connectivity index (χ3n) is 4.46. The standard InChI is InChI=1S/C20H21FN2O3S/c21-18-6-8-19(9-7-18)27(25,26)22-13-10-20(24)23-14-11-17(12-15-23)16-4-2-1-3-5-16/h1-9,11,22H,10,12-15H2. The van der Waals surface area contributed by atoms with Gasteiger partial charge in [0, 0.05) is 26.1 Å². The van der Waals surface area contributed by atoms with Gasteiger partial charge in [0.05, 0.1) is 4.90 Å². The zero-order chi connectivity index (χ0) is 19.3. The molecule has 1 amide bonds. The molecule has 1 aliphatic rings. The van der Waals surface area contributed by atoms with Crippen LogP contribution in [0, 0.1) is 5.82 Å². The maximum atomic E-state index is 12.9. The smallest absolute Gasteiger partial charge is 0.240 e. The second kappa shape index (κ2) is 8.45. The lowest BCUT2D eigenvalue weighted by Gasteiger charge is -2.26. The second-order valence-corrected chi connectivity index (χ2v) is 8.05. The van der Waals surface area contributed by atoms with Crippen molar-refractivity contribution in [2.75, 3.05) is 19.6 Å². The van der Waals surface area contributed by atoms with Gasteiger partial charge in [0.15, 0.2) is 0 Å². The van der Waals surface area contributed by atoms with Crippen LogP contribution >= 0.6 is 0 Å². The Morgan fingerprint density at radius 2 is 1.78 bits per heavy atom. The van der Waals surface area contributed by atoms with Gasteiger partial charge in [-0.2, -0.15) is 0 Å². The van der Waals surface area contributed by atoms with Crippen molar-refractivity contribution >= 4 is 21.5 Å². The van der Waals surface area contributed by atoms with E-state index < -0.39 is 15.8 Å². The van der Waals surface area contributed by atoms with Crippen LogP contribution in [0.4, 0.5) is 4.39 Å². The van der Waals surface area contributed by atoms with E-state index in [1.165, 1.54) is 17.7 Å². The van der Waals surface area contributed by atoms with E-state index in [1.807, 2.05) is 36.4 Å². The summed E-state index contributed by atoms with van der Waals surface area (Å²) in [6, 6.07) is 14.6. The highest BCUT2D eigenvalue weighted by atomic mass is 32.2. The van der Waals surface area contributed by atoms with Crippen LogP contribution in [0.5, 0.6) is 0 Å². The molecule has 0 radical (unpaired) electrons. The summed E-state index contributed by atoms with van der Waals surface area (Å²) in [6.45, 7) is 1.14. The molecule has 0 bridgehead atoms. The van der Waals surface area contributed by atoms with Crippen molar-refractivity contribution in [1.29, 1.82) is 0 Å². The minimum Gasteiger partial charge on any atom is -0.339 e. The molecule has 0 unspecified atom stereocenters. The first-order chi connectivity index (χ1) is 13.0. The van der Waals surface area contributed by atoms with Crippen LogP contribution in [0.1, 0.15) is 18.4 Å². The molecular formula is C20H21FN2O3S. The fraction of sp³-hybridized carbons (Fsp3) is 0.250. The first kappa shape index (κ1) is 19.3. The summed E-state index contributed by atoms with van der Waals surface area (Å²) < 4.78 is 39.6. The molecule has 5 nitrogen and oxygen atoms in total. The van der Waals surface area contributed by atoms with E-state index in [1.54, 1.807) is 4.90 Å². The molecule has 0 saturated heterocycles. The van der Waals surface area contributed by atoms with Gasteiger partial charge in [-0.05, 0) is 41.8 Å². The fourth-order valence-electron chi connectivity index (χ4n) is 2.96. The minimum atomic E-state index is -3.75. The van der Waals surface area contributed by atoms with Crippen molar-refractivity contribution < 1.29 is 17.6 Å². The number of hydrogen-bond donors (Lipinski definition) is 1. The lowest BCUT2D eigenvalue weighted by molar-refractivity contribution is -0.130. The third kappa shape index (κ3) is 5.02. The molecule has 2 aromatic carbocycles. The highest BCUT2D eigenvalue weighted by molar-refractivity contribution is 7.89. The molecule has 0 atom stereocenters. The quantitative estimate of drug-likeness (QED) is 0.828. The Labute approximate surface area is 158 Å². The van der Waals surface area contributed by atoms with Crippen molar-refractivity contribution in [3.8, 4) is 0 Å². The van der Waals surface area contributed by atoms with E-state index >= 15 is 0 Å². The maximum Gasteiger partial charge on any atom is 0.240 e. The zero-order valence-corrected chi connectivity index (χ0v) is 15.6. The Morgan fingerprint density at radius 3 is 2.41 bits per heavy atom. The molecule has 0 saturated carbocycles. The predicted octanol–water partition coefficient (Wildman–Crippen LogP) is 2.81. The predicted molar refractivity (Wildman–Crippen MR) is 102 cm³/mol. The van der Waals surface area contributed by atoms with Crippen LogP contribution < -0.4 is 4.72 Å². The summed E-state index contributed by atoms with van der Waals surface area (Å²) in [4.78, 5) is 14.0. The molecule has 7 heteroatoms. The van der Waals surface area contributed by atoms with E-state index in [-0.39, 0.29) is 23.8 Å². The Hall–Kier alpha value is -2.51. The summed E-state index contributed by atoms with van der Waals surface area (Å²) in [5, 5.41) is 0. The van der Waals surface area contributed by atoms with Gasteiger partial charge in [-0.1, -0.05) is 36.4 Å². The molecule has 0 spiro atoms. The van der Waals surface area contributed by atoms with Gasteiger partial charge in [-0.3, -0.25) is 4.79 Å². The van der Waals surface area contributed by atoms with Crippen molar-refractivity contribution in [3.05, 3.63) is 72.1 Å². The number of halogens is 1. The SMILES string of the molecule is O=C(CCNS(=O)(=O)c1ccc(F)cc1)N1CC=C(c2ccccc2)CC1. The summed E-state index contributed by atoms with van der Waals surface area (Å²) in [7, 11) is -3.75. The number of amides is 1. The normalized spacial score (nSPS) is 14.7. The summed E-state index contributed by atoms with van der Waals surface area (Å²) in [5.41, 5.74) is 2.38. The first-order valence-corrected chi connectivity index (χ1v) is 10.2. The fourth-order valence-corrected chi connectivity index (χ4v) is 3.99. The topological polar surface area (TPSA) is 66.5 Å². The number of sulfonamides is 1. The van der Waals surface area contributed by atoms with Crippen molar-refractivity contribution in [1.82, 2.24) is 9.62 Å². The maximum absolute atomic E-state index is 12.9. The number of benzene rings is 2. The zero-order valence-electron chi connectivity index (χ0n) is 14.8. The number of nitrogens with zero attached hydrogens (tertiary/aromatic N) is 1. The van der Waals surface area contributed by atoms with Crippen LogP contribution in [0.2, 0.25) is 0 Å². The number of nitrogens with one attached hydrogen (secondary N) is 1. The van der Waals surface area contributed by atoms with Gasteiger partial charge in [0.1, 0.15) is 5.82 Å². The van der Waals surface area contributed by atoms with Crippen LogP contribution in [0.15, 0.2) is 65.6 Å². The first-order valence-electron chi connectivity index (χ1n) is 8.73. The lowest BCUT2D eigenvalue weighted by Crippen LogP contribution is -2.37.